The van der Waals surface area contributed by atoms with Gasteiger partial charge in [-0.25, -0.2) is 4.79 Å². The number of aromatic nitrogens is 1. The SMILES string of the molecule is Cc1ccc(N2CCC(CNC(=O)c3ccc4[nH]c(=O)oc4c3)CC2)c2ccccc12. The third kappa shape index (κ3) is 3.81. The number of carbonyl (C=O) groups is 1. The summed E-state index contributed by atoms with van der Waals surface area (Å²) in [6.07, 6.45) is 2.07. The molecule has 4 aromatic rings. The maximum atomic E-state index is 12.6. The predicted octanol–water partition coefficient (Wildman–Crippen LogP) is 4.23. The molecule has 1 fully saturated rings. The fourth-order valence-corrected chi connectivity index (χ4v) is 4.51. The minimum atomic E-state index is -0.513. The average molecular weight is 415 g/mol. The predicted molar refractivity (Wildman–Crippen MR) is 123 cm³/mol. The van der Waals surface area contributed by atoms with Gasteiger partial charge < -0.3 is 14.6 Å². The molecule has 2 N–H and O–H groups in total. The number of carbonyl (C=O) groups excluding carboxylic acids is 1. The molecule has 0 atom stereocenters. The van der Waals surface area contributed by atoms with Gasteiger partial charge in [-0.05, 0) is 60.9 Å². The number of amides is 1. The van der Waals surface area contributed by atoms with Crippen molar-refractivity contribution < 1.29 is 9.21 Å². The van der Waals surface area contributed by atoms with Crippen molar-refractivity contribution in [1.82, 2.24) is 10.3 Å². The van der Waals surface area contributed by atoms with Gasteiger partial charge in [0.15, 0.2) is 5.58 Å². The van der Waals surface area contributed by atoms with Crippen molar-refractivity contribution in [1.29, 1.82) is 0 Å². The number of oxazole rings is 1. The van der Waals surface area contributed by atoms with Crippen LogP contribution in [0.1, 0.15) is 28.8 Å². The summed E-state index contributed by atoms with van der Waals surface area (Å²) in [6, 6.07) is 18.0. The zero-order valence-corrected chi connectivity index (χ0v) is 17.5. The molecule has 5 rings (SSSR count). The lowest BCUT2D eigenvalue weighted by Gasteiger charge is -2.34. The van der Waals surface area contributed by atoms with E-state index in [1.807, 2.05) is 0 Å². The number of fused-ring (bicyclic) bond motifs is 2. The average Bonchev–Trinajstić information content (AvgIpc) is 3.17. The fourth-order valence-electron chi connectivity index (χ4n) is 4.51. The summed E-state index contributed by atoms with van der Waals surface area (Å²) in [5.74, 6) is -0.204. The third-order valence-corrected chi connectivity index (χ3v) is 6.31. The van der Waals surface area contributed by atoms with Gasteiger partial charge in [-0.3, -0.25) is 9.78 Å². The first-order valence-electron chi connectivity index (χ1n) is 10.7. The van der Waals surface area contributed by atoms with E-state index >= 15 is 0 Å². The summed E-state index contributed by atoms with van der Waals surface area (Å²) in [4.78, 5) is 28.9. The molecule has 31 heavy (non-hydrogen) atoms. The van der Waals surface area contributed by atoms with Gasteiger partial charge in [0.05, 0.1) is 5.52 Å². The van der Waals surface area contributed by atoms with Crippen LogP contribution in [0.25, 0.3) is 21.9 Å². The highest BCUT2D eigenvalue weighted by Gasteiger charge is 2.21. The van der Waals surface area contributed by atoms with Crippen LogP contribution in [0.2, 0.25) is 0 Å². The quantitative estimate of drug-likeness (QED) is 0.523. The Kier molecular flexibility index (Phi) is 4.98. The topological polar surface area (TPSA) is 78.3 Å². The second-order valence-corrected chi connectivity index (χ2v) is 8.31. The molecule has 2 heterocycles. The monoisotopic (exact) mass is 415 g/mol. The highest BCUT2D eigenvalue weighted by molar-refractivity contribution is 5.97. The van der Waals surface area contributed by atoms with Crippen LogP contribution in [0.3, 0.4) is 0 Å². The molecular formula is C25H25N3O3. The minimum Gasteiger partial charge on any atom is -0.408 e. The summed E-state index contributed by atoms with van der Waals surface area (Å²) in [6.45, 7) is 4.76. The number of aromatic amines is 1. The normalized spacial score (nSPS) is 14.9. The Hall–Kier alpha value is -3.54. The summed E-state index contributed by atoms with van der Waals surface area (Å²) in [7, 11) is 0. The Bertz CT molecular complexity index is 1310. The van der Waals surface area contributed by atoms with Crippen molar-refractivity contribution >= 4 is 33.5 Å². The first kappa shape index (κ1) is 19.4. The maximum absolute atomic E-state index is 12.6. The van der Waals surface area contributed by atoms with Crippen molar-refractivity contribution in [2.45, 2.75) is 19.8 Å². The molecular weight excluding hydrogens is 390 g/mol. The molecule has 0 aliphatic carbocycles. The van der Waals surface area contributed by atoms with Gasteiger partial charge in [0.1, 0.15) is 0 Å². The van der Waals surface area contributed by atoms with Gasteiger partial charge >= 0.3 is 5.76 Å². The van der Waals surface area contributed by atoms with Crippen LogP contribution in [-0.2, 0) is 0 Å². The van der Waals surface area contributed by atoms with Gasteiger partial charge in [-0.2, -0.15) is 0 Å². The molecule has 1 saturated heterocycles. The fraction of sp³-hybridized carbons (Fsp3) is 0.280. The van der Waals surface area contributed by atoms with E-state index in [1.54, 1.807) is 18.2 Å². The minimum absolute atomic E-state index is 0.141. The van der Waals surface area contributed by atoms with Crippen LogP contribution in [-0.4, -0.2) is 30.5 Å². The molecule has 0 bridgehead atoms. The number of H-pyrrole nitrogens is 1. The molecule has 0 radical (unpaired) electrons. The van der Waals surface area contributed by atoms with Crippen LogP contribution >= 0.6 is 0 Å². The second-order valence-electron chi connectivity index (χ2n) is 8.31. The molecule has 1 aromatic heterocycles. The lowest BCUT2D eigenvalue weighted by Crippen LogP contribution is -2.38. The van der Waals surface area contributed by atoms with E-state index < -0.39 is 5.76 Å². The highest BCUT2D eigenvalue weighted by atomic mass is 16.4. The number of aryl methyl sites for hydroxylation is 1. The van der Waals surface area contributed by atoms with Crippen molar-refractivity contribution in [3.8, 4) is 0 Å². The first-order valence-corrected chi connectivity index (χ1v) is 10.7. The molecule has 0 spiro atoms. The lowest BCUT2D eigenvalue weighted by molar-refractivity contribution is 0.0945. The van der Waals surface area contributed by atoms with Crippen LogP contribution in [0.4, 0.5) is 5.69 Å². The molecule has 0 saturated carbocycles. The number of piperidine rings is 1. The van der Waals surface area contributed by atoms with Gasteiger partial charge in [0.25, 0.3) is 5.91 Å². The number of nitrogens with one attached hydrogen (secondary N) is 2. The van der Waals surface area contributed by atoms with Crippen LogP contribution in [0, 0.1) is 12.8 Å². The molecule has 3 aromatic carbocycles. The van der Waals surface area contributed by atoms with E-state index in [1.165, 1.54) is 22.0 Å². The molecule has 1 aliphatic rings. The molecule has 158 valence electrons. The Morgan fingerprint density at radius 2 is 1.87 bits per heavy atom. The zero-order valence-electron chi connectivity index (χ0n) is 17.5. The summed E-state index contributed by atoms with van der Waals surface area (Å²) in [5, 5.41) is 5.66. The van der Waals surface area contributed by atoms with E-state index in [4.69, 9.17) is 4.42 Å². The standard InChI is InChI=1S/C25H25N3O3/c1-16-6-9-22(20-5-3-2-4-19(16)20)28-12-10-17(11-13-28)15-26-24(29)18-7-8-21-23(14-18)31-25(30)27-21/h2-9,14,17H,10-13,15H2,1H3,(H,26,29)(H,27,30). The lowest BCUT2D eigenvalue weighted by atomic mass is 9.95. The van der Waals surface area contributed by atoms with Gasteiger partial charge in [-0.1, -0.05) is 30.3 Å². The van der Waals surface area contributed by atoms with Crippen molar-refractivity contribution in [2.75, 3.05) is 24.5 Å². The molecule has 1 aliphatic heterocycles. The Labute approximate surface area is 179 Å². The molecule has 0 unspecified atom stereocenters. The van der Waals surface area contributed by atoms with Crippen LogP contribution < -0.4 is 16.0 Å². The third-order valence-electron chi connectivity index (χ3n) is 6.31. The molecule has 6 heteroatoms. The van der Waals surface area contributed by atoms with E-state index in [0.717, 1.165) is 25.9 Å². The smallest absolute Gasteiger partial charge is 0.408 e. The van der Waals surface area contributed by atoms with Gasteiger partial charge in [0.2, 0.25) is 0 Å². The maximum Gasteiger partial charge on any atom is 0.417 e. The van der Waals surface area contributed by atoms with Crippen LogP contribution in [0.5, 0.6) is 0 Å². The van der Waals surface area contributed by atoms with Crippen molar-refractivity contribution in [3.63, 3.8) is 0 Å². The summed E-state index contributed by atoms with van der Waals surface area (Å²) >= 11 is 0. The Morgan fingerprint density at radius 1 is 1.10 bits per heavy atom. The van der Waals surface area contributed by atoms with E-state index in [9.17, 15) is 9.59 Å². The number of hydrogen-bond donors (Lipinski definition) is 2. The van der Waals surface area contributed by atoms with E-state index in [2.05, 4.69) is 58.5 Å². The Morgan fingerprint density at radius 3 is 2.68 bits per heavy atom. The summed E-state index contributed by atoms with van der Waals surface area (Å²) in [5.41, 5.74) is 4.09. The summed E-state index contributed by atoms with van der Waals surface area (Å²) < 4.78 is 5.05. The Balaban J connectivity index is 1.21. The number of nitrogens with zero attached hydrogens (tertiary/aromatic N) is 1. The van der Waals surface area contributed by atoms with E-state index in [0.29, 0.717) is 29.1 Å². The number of rotatable bonds is 4. The van der Waals surface area contributed by atoms with E-state index in [-0.39, 0.29) is 5.91 Å². The molecule has 1 amide bonds. The zero-order chi connectivity index (χ0) is 21.4. The highest BCUT2D eigenvalue weighted by Crippen LogP contribution is 2.32. The van der Waals surface area contributed by atoms with Gasteiger partial charge in [-0.15, -0.1) is 0 Å². The van der Waals surface area contributed by atoms with Crippen LogP contribution in [0.15, 0.2) is 63.8 Å². The van der Waals surface area contributed by atoms with Crippen molar-refractivity contribution in [3.05, 3.63) is 76.3 Å². The van der Waals surface area contributed by atoms with Crippen molar-refractivity contribution in [2.24, 2.45) is 5.92 Å². The number of anilines is 1. The molecule has 6 nitrogen and oxygen atoms in total. The largest absolute Gasteiger partial charge is 0.417 e. The number of hydrogen-bond acceptors (Lipinski definition) is 4. The second kappa shape index (κ2) is 7.95. The first-order chi connectivity index (χ1) is 15.1. The van der Waals surface area contributed by atoms with Gasteiger partial charge in [0, 0.05) is 36.3 Å². The number of benzene rings is 3.